The molecule has 0 saturated carbocycles. The summed E-state index contributed by atoms with van der Waals surface area (Å²) < 4.78 is 37.3. The van der Waals surface area contributed by atoms with Crippen LogP contribution in [0.5, 0.6) is 0 Å². The van der Waals surface area contributed by atoms with Crippen LogP contribution in [0, 0.1) is 0 Å². The molecular weight excluding hydrogens is 197 g/mol. The van der Waals surface area contributed by atoms with Crippen molar-refractivity contribution < 1.29 is 18.3 Å². The van der Waals surface area contributed by atoms with Gasteiger partial charge in [0.05, 0.1) is 6.10 Å². The van der Waals surface area contributed by atoms with Gasteiger partial charge in [-0.15, -0.1) is 0 Å². The lowest BCUT2D eigenvalue weighted by molar-refractivity contribution is -0.186. The highest BCUT2D eigenvalue weighted by Crippen LogP contribution is 2.26. The normalized spacial score (nSPS) is 27.6. The van der Waals surface area contributed by atoms with Gasteiger partial charge in [0.15, 0.2) is 0 Å². The molecule has 0 aromatic heterocycles. The van der Waals surface area contributed by atoms with Gasteiger partial charge in [0, 0.05) is 13.1 Å². The number of piperidine rings is 1. The van der Waals surface area contributed by atoms with E-state index >= 15 is 0 Å². The number of halogens is 3. The maximum absolute atomic E-state index is 12.4. The Balaban J connectivity index is 2.60. The largest absolute Gasteiger partial charge is 0.405 e. The molecule has 3 nitrogen and oxygen atoms in total. The van der Waals surface area contributed by atoms with E-state index in [4.69, 9.17) is 5.73 Å². The zero-order valence-corrected chi connectivity index (χ0v) is 7.80. The van der Waals surface area contributed by atoms with E-state index in [1.54, 1.807) is 0 Å². The monoisotopic (exact) mass is 212 g/mol. The second-order valence-corrected chi connectivity index (χ2v) is 3.58. The molecule has 3 N–H and O–H groups in total. The van der Waals surface area contributed by atoms with E-state index in [9.17, 15) is 18.3 Å². The summed E-state index contributed by atoms with van der Waals surface area (Å²) in [7, 11) is 0. The van der Waals surface area contributed by atoms with Gasteiger partial charge in [-0.1, -0.05) is 0 Å². The minimum atomic E-state index is -4.30. The minimum absolute atomic E-state index is 0.0708. The van der Waals surface area contributed by atoms with E-state index in [1.165, 1.54) is 4.90 Å². The number of nitrogens with zero attached hydrogens (tertiary/aromatic N) is 1. The summed E-state index contributed by atoms with van der Waals surface area (Å²) in [6.45, 7) is -0.0178. The van der Waals surface area contributed by atoms with Gasteiger partial charge in [0.1, 0.15) is 6.04 Å². The molecule has 0 aromatic carbocycles. The summed E-state index contributed by atoms with van der Waals surface area (Å²) >= 11 is 0. The lowest BCUT2D eigenvalue weighted by atomic mass is 10.1. The first kappa shape index (κ1) is 11.7. The molecule has 6 heteroatoms. The third-order valence-electron chi connectivity index (χ3n) is 2.47. The van der Waals surface area contributed by atoms with Gasteiger partial charge < -0.3 is 10.8 Å². The van der Waals surface area contributed by atoms with E-state index < -0.39 is 24.9 Å². The molecule has 1 aliphatic heterocycles. The van der Waals surface area contributed by atoms with Crippen LogP contribution in [-0.4, -0.2) is 48.0 Å². The van der Waals surface area contributed by atoms with Crippen molar-refractivity contribution in [2.75, 3.05) is 19.6 Å². The summed E-state index contributed by atoms with van der Waals surface area (Å²) in [6.07, 6.45) is -3.79. The van der Waals surface area contributed by atoms with Crippen molar-refractivity contribution in [1.29, 1.82) is 0 Å². The molecule has 0 bridgehead atoms. The summed E-state index contributed by atoms with van der Waals surface area (Å²) in [4.78, 5) is 1.22. The Morgan fingerprint density at radius 1 is 1.50 bits per heavy atom. The van der Waals surface area contributed by atoms with Gasteiger partial charge in [0.2, 0.25) is 0 Å². The van der Waals surface area contributed by atoms with Gasteiger partial charge >= 0.3 is 6.18 Å². The Morgan fingerprint density at radius 3 is 2.57 bits per heavy atom. The fourth-order valence-electron chi connectivity index (χ4n) is 1.76. The number of nitrogens with two attached hydrogens (primary N) is 1. The van der Waals surface area contributed by atoms with Crippen molar-refractivity contribution in [2.45, 2.75) is 31.2 Å². The Hall–Kier alpha value is -0.330. The SMILES string of the molecule is NCC(N1CCCC(O)C1)C(F)(F)F. The van der Waals surface area contributed by atoms with Crippen LogP contribution in [0.4, 0.5) is 13.2 Å². The second-order valence-electron chi connectivity index (χ2n) is 3.58. The van der Waals surface area contributed by atoms with Crippen LogP contribution in [0.3, 0.4) is 0 Å². The Labute approximate surface area is 80.7 Å². The van der Waals surface area contributed by atoms with Gasteiger partial charge in [-0.3, -0.25) is 4.90 Å². The van der Waals surface area contributed by atoms with Crippen molar-refractivity contribution in [1.82, 2.24) is 4.90 Å². The Morgan fingerprint density at radius 2 is 2.14 bits per heavy atom. The average Bonchev–Trinajstić information content (AvgIpc) is 2.02. The summed E-state index contributed by atoms with van der Waals surface area (Å²) in [5.41, 5.74) is 5.09. The van der Waals surface area contributed by atoms with Crippen molar-refractivity contribution >= 4 is 0 Å². The van der Waals surface area contributed by atoms with Crippen LogP contribution in [0.25, 0.3) is 0 Å². The quantitative estimate of drug-likeness (QED) is 0.693. The Kier molecular flexibility index (Phi) is 3.74. The highest BCUT2D eigenvalue weighted by atomic mass is 19.4. The molecule has 2 unspecified atom stereocenters. The van der Waals surface area contributed by atoms with E-state index in [2.05, 4.69) is 0 Å². The van der Waals surface area contributed by atoms with E-state index in [0.29, 0.717) is 19.4 Å². The number of likely N-dealkylation sites (tertiary alicyclic amines) is 1. The van der Waals surface area contributed by atoms with Crippen LogP contribution in [0.2, 0.25) is 0 Å². The molecule has 84 valence electrons. The number of β-amino-alcohol motifs (C(OH)–C–C–N with tert-alkyl or cyclic N) is 1. The number of aliphatic hydroxyl groups excluding tert-OH is 1. The number of alkyl halides is 3. The maximum Gasteiger partial charge on any atom is 0.405 e. The smallest absolute Gasteiger partial charge is 0.392 e. The number of hydrogen-bond donors (Lipinski definition) is 2. The molecule has 0 radical (unpaired) electrons. The van der Waals surface area contributed by atoms with Crippen LogP contribution >= 0.6 is 0 Å². The topological polar surface area (TPSA) is 49.5 Å². The minimum Gasteiger partial charge on any atom is -0.392 e. The second kappa shape index (κ2) is 4.46. The number of hydrogen-bond acceptors (Lipinski definition) is 3. The standard InChI is InChI=1S/C8H15F3N2O/c9-8(10,11)7(4-12)13-3-1-2-6(14)5-13/h6-7,14H,1-5,12H2. The first-order valence-corrected chi connectivity index (χ1v) is 4.64. The van der Waals surface area contributed by atoms with Gasteiger partial charge in [-0.25, -0.2) is 0 Å². The molecule has 1 saturated heterocycles. The van der Waals surface area contributed by atoms with E-state index in [0.717, 1.165) is 0 Å². The molecule has 1 fully saturated rings. The van der Waals surface area contributed by atoms with E-state index in [1.807, 2.05) is 0 Å². The fraction of sp³-hybridized carbons (Fsp3) is 1.00. The third-order valence-corrected chi connectivity index (χ3v) is 2.47. The number of rotatable bonds is 2. The lowest BCUT2D eigenvalue weighted by Crippen LogP contribution is -2.54. The molecule has 1 aliphatic rings. The molecule has 0 aromatic rings. The maximum atomic E-state index is 12.4. The molecule has 0 amide bonds. The molecule has 0 spiro atoms. The first-order valence-electron chi connectivity index (χ1n) is 4.64. The molecule has 1 heterocycles. The Bertz CT molecular complexity index is 186. The van der Waals surface area contributed by atoms with Crippen LogP contribution in [-0.2, 0) is 0 Å². The van der Waals surface area contributed by atoms with Gasteiger partial charge in [-0.2, -0.15) is 13.2 Å². The molecule has 2 atom stereocenters. The first-order chi connectivity index (χ1) is 6.45. The zero-order valence-electron chi connectivity index (χ0n) is 7.80. The van der Waals surface area contributed by atoms with Crippen LogP contribution in [0.1, 0.15) is 12.8 Å². The van der Waals surface area contributed by atoms with Crippen molar-refractivity contribution in [3.63, 3.8) is 0 Å². The highest BCUT2D eigenvalue weighted by molar-refractivity contribution is 4.84. The van der Waals surface area contributed by atoms with Crippen LogP contribution < -0.4 is 5.73 Å². The van der Waals surface area contributed by atoms with Crippen molar-refractivity contribution in [3.05, 3.63) is 0 Å². The van der Waals surface area contributed by atoms with E-state index in [-0.39, 0.29) is 6.54 Å². The van der Waals surface area contributed by atoms with Crippen molar-refractivity contribution in [3.8, 4) is 0 Å². The fourth-order valence-corrected chi connectivity index (χ4v) is 1.76. The molecule has 14 heavy (non-hydrogen) atoms. The van der Waals surface area contributed by atoms with Gasteiger partial charge in [0.25, 0.3) is 0 Å². The molecule has 1 rings (SSSR count). The van der Waals surface area contributed by atoms with Crippen molar-refractivity contribution in [2.24, 2.45) is 5.73 Å². The zero-order chi connectivity index (χ0) is 10.8. The molecular formula is C8H15F3N2O. The summed E-state index contributed by atoms with van der Waals surface area (Å²) in [5.74, 6) is 0. The third kappa shape index (κ3) is 2.83. The summed E-state index contributed by atoms with van der Waals surface area (Å²) in [5, 5.41) is 9.24. The average molecular weight is 212 g/mol. The van der Waals surface area contributed by atoms with Crippen LogP contribution in [0.15, 0.2) is 0 Å². The highest BCUT2D eigenvalue weighted by Gasteiger charge is 2.43. The predicted molar refractivity (Wildman–Crippen MR) is 45.7 cm³/mol. The summed E-state index contributed by atoms with van der Waals surface area (Å²) in [6, 6.07) is -1.61. The number of aliphatic hydroxyl groups is 1. The molecule has 0 aliphatic carbocycles. The lowest BCUT2D eigenvalue weighted by Gasteiger charge is -2.36. The van der Waals surface area contributed by atoms with Gasteiger partial charge in [-0.05, 0) is 19.4 Å². The predicted octanol–water partition coefficient (Wildman–Crippen LogP) is 0.333.